The van der Waals surface area contributed by atoms with Crippen LogP contribution in [-0.2, 0) is 0 Å². The molecule has 0 rings (SSSR count). The average Bonchev–Trinajstić information content (AvgIpc) is 0.811. The molecule has 0 amide bonds. The molecule has 0 unspecified atom stereocenters. The Morgan fingerprint density at radius 1 is 1.00 bits per heavy atom. The first-order valence-electron chi connectivity index (χ1n) is 1.34. The van der Waals surface area contributed by atoms with Gasteiger partial charge < -0.3 is 4.90 Å². The van der Waals surface area contributed by atoms with Gasteiger partial charge in [-0.15, -0.1) is 17.0 Å². The summed E-state index contributed by atoms with van der Waals surface area (Å²) in [6, 6.07) is 0. The van der Waals surface area contributed by atoms with Crippen molar-refractivity contribution in [3.05, 3.63) is 0 Å². The summed E-state index contributed by atoms with van der Waals surface area (Å²) in [5, 5.41) is 0. The van der Waals surface area contributed by atoms with Gasteiger partial charge in [0.15, 0.2) is 0 Å². The third-order valence-electron chi connectivity index (χ3n) is 0. The summed E-state index contributed by atoms with van der Waals surface area (Å²) in [5.74, 6) is 0. The van der Waals surface area contributed by atoms with E-state index in [0.717, 1.165) is 0 Å². The first-order valence-corrected chi connectivity index (χ1v) is 1.34. The van der Waals surface area contributed by atoms with Crippen molar-refractivity contribution in [1.82, 2.24) is 4.90 Å². The minimum atomic E-state index is 0. The van der Waals surface area contributed by atoms with Crippen LogP contribution in [0.2, 0.25) is 0 Å². The lowest BCUT2D eigenvalue weighted by atomic mass is 11.0. The van der Waals surface area contributed by atoms with E-state index in [9.17, 15) is 0 Å². The van der Waals surface area contributed by atoms with Crippen molar-refractivity contribution in [3.63, 3.8) is 0 Å². The van der Waals surface area contributed by atoms with Gasteiger partial charge in [-0.05, 0) is 32.1 Å². The van der Waals surface area contributed by atoms with E-state index in [1.807, 2.05) is 26.0 Å². The fraction of sp³-hybridized carbons (Fsp3) is 1.00. The molecule has 1 nitrogen and oxygen atoms in total. The highest BCUT2D eigenvalue weighted by molar-refractivity contribution is 8.93. The molecule has 3 heteroatoms. The van der Waals surface area contributed by atoms with E-state index in [0.29, 0.717) is 0 Å². The Bertz CT molecular complexity index is 15.5. The van der Waals surface area contributed by atoms with Gasteiger partial charge in [0.25, 0.3) is 0 Å². The number of hydrogen-bond acceptors (Lipinski definition) is 1. The molecule has 0 aromatic rings. The molecule has 6 heavy (non-hydrogen) atoms. The standard InChI is InChI=1S/C3H9N.BrH.H4Si/c1-4(2)3;;/h1-3H3;1H;1H4. The second-order valence-corrected chi connectivity index (χ2v) is 1.34. The monoisotopic (exact) mass is 171 g/mol. The van der Waals surface area contributed by atoms with Crippen molar-refractivity contribution in [1.29, 1.82) is 0 Å². The molecule has 0 aliphatic carbocycles. The van der Waals surface area contributed by atoms with Gasteiger partial charge >= 0.3 is 0 Å². The van der Waals surface area contributed by atoms with Gasteiger partial charge in [-0.25, -0.2) is 0 Å². The van der Waals surface area contributed by atoms with E-state index in [1.54, 1.807) is 0 Å². The largest absolute Gasteiger partial charge is 0.312 e. The normalized spacial score (nSPS) is 6.00. The van der Waals surface area contributed by atoms with Gasteiger partial charge in [0, 0.05) is 0 Å². The molecule has 0 aromatic carbocycles. The minimum Gasteiger partial charge on any atom is -0.312 e. The SMILES string of the molecule is Br.CN(C)C.[SiH4]. The van der Waals surface area contributed by atoms with Gasteiger partial charge in [0.05, 0.1) is 0 Å². The maximum Gasteiger partial charge on any atom is -0.0140 e. The van der Waals surface area contributed by atoms with Gasteiger partial charge in [-0.3, -0.25) is 0 Å². The summed E-state index contributed by atoms with van der Waals surface area (Å²) < 4.78 is 0. The maximum atomic E-state index is 2.00. The highest BCUT2D eigenvalue weighted by Gasteiger charge is 1.58. The fourth-order valence-electron chi connectivity index (χ4n) is 0. The summed E-state index contributed by atoms with van der Waals surface area (Å²) in [5.41, 5.74) is 0. The van der Waals surface area contributed by atoms with Crippen LogP contribution >= 0.6 is 17.0 Å². The first-order chi connectivity index (χ1) is 1.73. The zero-order valence-electron chi connectivity index (χ0n) is 3.86. The van der Waals surface area contributed by atoms with E-state index in [4.69, 9.17) is 0 Å². The molecular weight excluding hydrogens is 158 g/mol. The lowest BCUT2D eigenvalue weighted by Crippen LogP contribution is -1.99. The molecule has 0 aromatic heterocycles. The molecule has 0 aliphatic rings. The summed E-state index contributed by atoms with van der Waals surface area (Å²) in [7, 11) is 6.00. The Balaban J connectivity index is -0.0000000450. The van der Waals surface area contributed by atoms with Crippen LogP contribution in [0.15, 0.2) is 0 Å². The third-order valence-corrected chi connectivity index (χ3v) is 0. The van der Waals surface area contributed by atoms with Crippen LogP contribution in [0.1, 0.15) is 0 Å². The first kappa shape index (κ1) is 15.9. The van der Waals surface area contributed by atoms with Crippen LogP contribution in [0.25, 0.3) is 0 Å². The van der Waals surface area contributed by atoms with E-state index >= 15 is 0 Å². The van der Waals surface area contributed by atoms with E-state index in [-0.39, 0.29) is 27.9 Å². The molecule has 0 saturated carbocycles. The van der Waals surface area contributed by atoms with Gasteiger partial charge in [-0.1, -0.05) is 0 Å². The highest BCUT2D eigenvalue weighted by Crippen LogP contribution is 1.47. The highest BCUT2D eigenvalue weighted by atomic mass is 79.9. The Morgan fingerprint density at radius 3 is 1.00 bits per heavy atom. The number of nitrogens with zero attached hydrogens (tertiary/aromatic N) is 1. The molecule has 0 saturated heterocycles. The zero-order valence-corrected chi connectivity index (χ0v) is 5.57. The van der Waals surface area contributed by atoms with Crippen LogP contribution in [0, 0.1) is 0 Å². The van der Waals surface area contributed by atoms with Gasteiger partial charge in [0.2, 0.25) is 0 Å². The predicted molar refractivity (Wildman–Crippen MR) is 41.3 cm³/mol. The topological polar surface area (TPSA) is 3.24 Å². The number of halogens is 1. The molecule has 0 atom stereocenters. The predicted octanol–water partition coefficient (Wildman–Crippen LogP) is -0.696. The van der Waals surface area contributed by atoms with Crippen molar-refractivity contribution in [2.45, 2.75) is 0 Å². The van der Waals surface area contributed by atoms with E-state index < -0.39 is 0 Å². The maximum absolute atomic E-state index is 2.00. The third kappa shape index (κ3) is 144. The quantitative estimate of drug-likeness (QED) is 0.437. The molecule has 0 spiro atoms. The summed E-state index contributed by atoms with van der Waals surface area (Å²) in [4.78, 5) is 2.00. The van der Waals surface area contributed by atoms with Gasteiger partial charge in [0.1, 0.15) is 0 Å². The average molecular weight is 172 g/mol. The summed E-state index contributed by atoms with van der Waals surface area (Å²) in [6.45, 7) is 0. The lowest BCUT2D eigenvalue weighted by molar-refractivity contribution is 0.505. The minimum absolute atomic E-state index is 0. The Labute approximate surface area is 54.5 Å². The second kappa shape index (κ2) is 9.17. The lowest BCUT2D eigenvalue weighted by Gasteiger charge is -1.90. The fourth-order valence-corrected chi connectivity index (χ4v) is 0. The Morgan fingerprint density at radius 2 is 1.00 bits per heavy atom. The molecule has 0 fully saturated rings. The van der Waals surface area contributed by atoms with E-state index in [2.05, 4.69) is 0 Å². The van der Waals surface area contributed by atoms with Crippen molar-refractivity contribution < 1.29 is 0 Å². The molecule has 0 heterocycles. The van der Waals surface area contributed by atoms with Crippen LogP contribution in [0.4, 0.5) is 0 Å². The molecular formula is C3H14BrNSi. The molecule has 0 aliphatic heterocycles. The summed E-state index contributed by atoms with van der Waals surface area (Å²) >= 11 is 0. The van der Waals surface area contributed by atoms with Crippen LogP contribution in [-0.4, -0.2) is 37.0 Å². The Hall–Kier alpha value is 0.657. The van der Waals surface area contributed by atoms with Crippen LogP contribution in [0.5, 0.6) is 0 Å². The van der Waals surface area contributed by atoms with Crippen LogP contribution in [0.3, 0.4) is 0 Å². The van der Waals surface area contributed by atoms with E-state index in [1.165, 1.54) is 0 Å². The molecule has 0 N–H and O–H groups in total. The molecule has 42 valence electrons. The number of rotatable bonds is 0. The van der Waals surface area contributed by atoms with Crippen molar-refractivity contribution in [2.75, 3.05) is 21.1 Å². The zero-order chi connectivity index (χ0) is 3.58. The van der Waals surface area contributed by atoms with Crippen molar-refractivity contribution in [2.24, 2.45) is 0 Å². The molecule has 0 bridgehead atoms. The smallest absolute Gasteiger partial charge is 0.0140 e. The summed E-state index contributed by atoms with van der Waals surface area (Å²) in [6.07, 6.45) is 0. The van der Waals surface area contributed by atoms with Crippen molar-refractivity contribution >= 4 is 27.9 Å². The second-order valence-electron chi connectivity index (χ2n) is 1.34. The van der Waals surface area contributed by atoms with Crippen LogP contribution < -0.4 is 0 Å². The Kier molecular flexibility index (Phi) is 24.4. The van der Waals surface area contributed by atoms with Crippen molar-refractivity contribution in [3.8, 4) is 0 Å². The molecule has 0 radical (unpaired) electrons. The number of hydrogen-bond donors (Lipinski definition) is 0. The van der Waals surface area contributed by atoms with Gasteiger partial charge in [-0.2, -0.15) is 0 Å².